The molecule has 0 aromatic heterocycles. The van der Waals surface area contributed by atoms with Crippen molar-refractivity contribution in [3.05, 3.63) is 0 Å². The van der Waals surface area contributed by atoms with Gasteiger partial charge >= 0.3 is 58.4 Å². The third-order valence-electron chi connectivity index (χ3n) is 1.65. The quantitative estimate of drug-likeness (QED) is 0.544. The Morgan fingerprint density at radius 1 is 1.40 bits per heavy atom. The van der Waals surface area contributed by atoms with Crippen molar-refractivity contribution in [2.75, 3.05) is 26.6 Å². The van der Waals surface area contributed by atoms with Gasteiger partial charge < -0.3 is 23.2 Å². The minimum absolute atomic E-state index is 0. The van der Waals surface area contributed by atoms with Crippen LogP contribution < -0.4 is 56.7 Å². The molecule has 0 aliphatic rings. The number of nitrogens with zero attached hydrogens (tertiary/aromatic N) is 1. The fraction of sp³-hybridized carbons (Fsp3) is 0.857. The van der Waals surface area contributed by atoms with Gasteiger partial charge in [0.05, 0.1) is 6.54 Å². The summed E-state index contributed by atoms with van der Waals surface area (Å²) in [4.78, 5) is 12.0. The summed E-state index contributed by atoms with van der Waals surface area (Å²) >= 11 is 0. The number of carbonyl (C=O) groups excluding carboxylic acids is 1. The van der Waals surface area contributed by atoms with Crippen LogP contribution in [0, 0.1) is 0 Å². The topological polar surface area (TPSA) is 32.3 Å². The summed E-state index contributed by atoms with van der Waals surface area (Å²) in [5.74, 6) is -0.390. The van der Waals surface area contributed by atoms with Crippen LogP contribution in [0.3, 0.4) is 0 Å². The van der Waals surface area contributed by atoms with Gasteiger partial charge in [0.15, 0.2) is 0 Å². The first kappa shape index (κ1) is 18.3. The Kier molecular flexibility index (Phi) is 11.0. The zero-order valence-corrected chi connectivity index (χ0v) is 12.5. The van der Waals surface area contributed by atoms with Crippen LogP contribution in [0.5, 0.6) is 0 Å². The standard InChI is InChI=1S/C7H15BF3N2O.K/c1-3-4-13(5-7(14)12-2)6-8(9,10)11;/h3-6H2,1-2H3,(H,12,14);/q-1;+1. The largest absolute Gasteiger partial charge is 1.00 e. The summed E-state index contributed by atoms with van der Waals surface area (Å²) < 4.78 is 36.2. The molecule has 3 nitrogen and oxygen atoms in total. The summed E-state index contributed by atoms with van der Waals surface area (Å²) in [6, 6.07) is 0. The van der Waals surface area contributed by atoms with Crippen LogP contribution in [0.4, 0.5) is 12.9 Å². The van der Waals surface area contributed by atoms with E-state index in [1.165, 1.54) is 7.05 Å². The number of amides is 1. The minimum atomic E-state index is -4.85. The van der Waals surface area contributed by atoms with Crippen molar-refractivity contribution in [3.63, 3.8) is 0 Å². The Morgan fingerprint density at radius 3 is 2.27 bits per heavy atom. The molecule has 0 rings (SSSR count). The predicted molar refractivity (Wildman–Crippen MR) is 49.9 cm³/mol. The first-order chi connectivity index (χ1) is 6.39. The smallest absolute Gasteiger partial charge is 0.448 e. The Labute approximate surface area is 131 Å². The minimum Gasteiger partial charge on any atom is -0.448 e. The van der Waals surface area contributed by atoms with Crippen molar-refractivity contribution in [3.8, 4) is 0 Å². The maximum Gasteiger partial charge on any atom is 1.00 e. The van der Waals surface area contributed by atoms with E-state index < -0.39 is 19.3 Å². The van der Waals surface area contributed by atoms with Crippen molar-refractivity contribution < 1.29 is 69.1 Å². The number of carbonyl (C=O) groups is 1. The molecule has 0 aliphatic carbocycles. The molecule has 8 heteroatoms. The van der Waals surface area contributed by atoms with Crippen molar-refractivity contribution in [2.45, 2.75) is 13.3 Å². The van der Waals surface area contributed by atoms with Gasteiger partial charge in [-0.1, -0.05) is 6.92 Å². The first-order valence-corrected chi connectivity index (χ1v) is 4.53. The van der Waals surface area contributed by atoms with Crippen LogP contribution in [0.25, 0.3) is 0 Å². The zero-order valence-electron chi connectivity index (χ0n) is 9.40. The van der Waals surface area contributed by atoms with E-state index in [4.69, 9.17) is 0 Å². The van der Waals surface area contributed by atoms with E-state index in [1.807, 2.05) is 0 Å². The van der Waals surface area contributed by atoms with Crippen LogP contribution in [0.15, 0.2) is 0 Å². The summed E-state index contributed by atoms with van der Waals surface area (Å²) in [7, 11) is 1.41. The summed E-state index contributed by atoms with van der Waals surface area (Å²) in [6.45, 7) is -2.98. The van der Waals surface area contributed by atoms with Gasteiger partial charge in [0, 0.05) is 7.05 Å². The monoisotopic (exact) mass is 250 g/mol. The van der Waals surface area contributed by atoms with E-state index in [2.05, 4.69) is 5.32 Å². The number of likely N-dealkylation sites (N-methyl/N-ethyl adjacent to an activating group) is 1. The number of halogens is 3. The predicted octanol–water partition coefficient (Wildman–Crippen LogP) is -2.16. The second-order valence-corrected chi connectivity index (χ2v) is 3.12. The van der Waals surface area contributed by atoms with Gasteiger partial charge in [-0.3, -0.25) is 4.79 Å². The number of hydrogen-bond acceptors (Lipinski definition) is 2. The first-order valence-electron chi connectivity index (χ1n) is 4.53. The fourth-order valence-electron chi connectivity index (χ4n) is 1.13. The molecular formula is C7H15BF3KN2O. The maximum absolute atomic E-state index is 12.1. The Hall–Kier alpha value is 0.921. The molecule has 0 fully saturated rings. The molecule has 0 aliphatic heterocycles. The summed E-state index contributed by atoms with van der Waals surface area (Å²) in [5, 5.41) is 2.30. The summed E-state index contributed by atoms with van der Waals surface area (Å²) in [6.07, 6.45) is -0.371. The molecule has 15 heavy (non-hydrogen) atoms. The number of hydrogen-bond donors (Lipinski definition) is 1. The van der Waals surface area contributed by atoms with E-state index >= 15 is 0 Å². The molecule has 0 aromatic rings. The van der Waals surface area contributed by atoms with E-state index in [0.717, 1.165) is 4.90 Å². The third-order valence-corrected chi connectivity index (χ3v) is 1.65. The fourth-order valence-corrected chi connectivity index (χ4v) is 1.13. The van der Waals surface area contributed by atoms with E-state index in [1.54, 1.807) is 6.92 Å². The molecule has 0 saturated heterocycles. The molecule has 1 amide bonds. The molecule has 0 unspecified atom stereocenters. The molecule has 0 heterocycles. The molecular weight excluding hydrogens is 235 g/mol. The Balaban J connectivity index is 0. The van der Waals surface area contributed by atoms with Crippen LogP contribution in [0.2, 0.25) is 0 Å². The van der Waals surface area contributed by atoms with Crippen LogP contribution in [-0.4, -0.2) is 44.4 Å². The maximum atomic E-state index is 12.1. The van der Waals surface area contributed by atoms with Gasteiger partial charge in [-0.05, 0) is 19.4 Å². The summed E-state index contributed by atoms with van der Waals surface area (Å²) in [5.41, 5.74) is 0. The van der Waals surface area contributed by atoms with Crippen molar-refractivity contribution >= 4 is 12.9 Å². The van der Waals surface area contributed by atoms with Gasteiger partial charge in [-0.15, -0.1) is 0 Å². The normalized spacial score (nSPS) is 11.1. The second kappa shape index (κ2) is 9.00. The van der Waals surface area contributed by atoms with Gasteiger partial charge in [-0.2, -0.15) is 0 Å². The molecule has 0 saturated carbocycles. The molecule has 0 bridgehead atoms. The average molecular weight is 250 g/mol. The van der Waals surface area contributed by atoms with Crippen LogP contribution >= 0.6 is 0 Å². The van der Waals surface area contributed by atoms with Gasteiger partial charge in [0.2, 0.25) is 5.91 Å². The van der Waals surface area contributed by atoms with Gasteiger partial charge in [-0.25, -0.2) is 0 Å². The molecule has 0 spiro atoms. The van der Waals surface area contributed by atoms with Gasteiger partial charge in [0.25, 0.3) is 0 Å². The van der Waals surface area contributed by atoms with Gasteiger partial charge in [0.1, 0.15) is 0 Å². The van der Waals surface area contributed by atoms with E-state index in [9.17, 15) is 17.7 Å². The number of rotatable bonds is 6. The SMILES string of the molecule is CCCN(CC(=O)NC)C[B-](F)(F)F.[K+]. The third kappa shape index (κ3) is 11.2. The molecule has 0 aromatic carbocycles. The Bertz CT molecular complexity index is 192. The second-order valence-electron chi connectivity index (χ2n) is 3.12. The average Bonchev–Trinajstić information content (AvgIpc) is 2.01. The van der Waals surface area contributed by atoms with Crippen molar-refractivity contribution in [1.29, 1.82) is 0 Å². The molecule has 0 radical (unpaired) electrons. The zero-order chi connectivity index (χ0) is 11.2. The van der Waals surface area contributed by atoms with Crippen LogP contribution in [0.1, 0.15) is 13.3 Å². The number of nitrogens with one attached hydrogen (secondary N) is 1. The van der Waals surface area contributed by atoms with Crippen LogP contribution in [-0.2, 0) is 4.79 Å². The van der Waals surface area contributed by atoms with Crippen molar-refractivity contribution in [2.24, 2.45) is 0 Å². The molecule has 0 atom stereocenters. The molecule has 84 valence electrons. The van der Waals surface area contributed by atoms with Crippen molar-refractivity contribution in [1.82, 2.24) is 10.2 Å². The van der Waals surface area contributed by atoms with E-state index in [-0.39, 0.29) is 64.5 Å². The molecule has 1 N–H and O–H groups in total. The Morgan fingerprint density at radius 2 is 1.93 bits per heavy atom. The van der Waals surface area contributed by atoms with E-state index in [0.29, 0.717) is 6.42 Å².